The van der Waals surface area contributed by atoms with Gasteiger partial charge < -0.3 is 5.32 Å². The van der Waals surface area contributed by atoms with Crippen LogP contribution in [0.25, 0.3) is 0 Å². The van der Waals surface area contributed by atoms with Gasteiger partial charge in [0.15, 0.2) is 0 Å². The fourth-order valence-corrected chi connectivity index (χ4v) is 2.13. The monoisotopic (exact) mass is 239 g/mol. The van der Waals surface area contributed by atoms with Crippen molar-refractivity contribution in [3.8, 4) is 0 Å². The molecule has 2 aromatic carbocycles. The summed E-state index contributed by atoms with van der Waals surface area (Å²) >= 11 is 0. The first-order valence-electron chi connectivity index (χ1n) is 6.59. The number of hydrogen-bond acceptors (Lipinski definition) is 1. The number of nitrogens with one attached hydrogen (secondary N) is 1. The van der Waals surface area contributed by atoms with Gasteiger partial charge in [-0.05, 0) is 37.9 Å². The maximum atomic E-state index is 3.57. The van der Waals surface area contributed by atoms with E-state index in [1.807, 2.05) is 0 Å². The van der Waals surface area contributed by atoms with Crippen molar-refractivity contribution in [1.82, 2.24) is 5.32 Å². The second-order valence-corrected chi connectivity index (χ2v) is 4.83. The average molecular weight is 239 g/mol. The lowest BCUT2D eigenvalue weighted by Gasteiger charge is -2.14. The lowest BCUT2D eigenvalue weighted by atomic mass is 10.1. The Bertz CT molecular complexity index is 476. The molecule has 0 aromatic heterocycles. The van der Waals surface area contributed by atoms with E-state index in [9.17, 15) is 0 Å². The van der Waals surface area contributed by atoms with Crippen LogP contribution in [0.4, 0.5) is 0 Å². The quantitative estimate of drug-likeness (QED) is 0.834. The highest BCUT2D eigenvalue weighted by Gasteiger charge is 2.04. The van der Waals surface area contributed by atoms with E-state index in [4.69, 9.17) is 0 Å². The maximum Gasteiger partial charge on any atom is 0.0292 e. The van der Waals surface area contributed by atoms with Crippen molar-refractivity contribution >= 4 is 0 Å². The zero-order chi connectivity index (χ0) is 12.8. The fourth-order valence-electron chi connectivity index (χ4n) is 2.13. The maximum absolute atomic E-state index is 3.57. The van der Waals surface area contributed by atoms with Crippen LogP contribution in [-0.2, 0) is 6.42 Å². The summed E-state index contributed by atoms with van der Waals surface area (Å²) < 4.78 is 0. The van der Waals surface area contributed by atoms with Crippen molar-refractivity contribution in [2.24, 2.45) is 0 Å². The molecular weight excluding hydrogens is 218 g/mol. The first-order chi connectivity index (χ1) is 8.75. The van der Waals surface area contributed by atoms with Gasteiger partial charge in [-0.25, -0.2) is 0 Å². The number of aryl methyl sites for hydroxylation is 1. The van der Waals surface area contributed by atoms with Crippen LogP contribution >= 0.6 is 0 Å². The fraction of sp³-hybridized carbons (Fsp3) is 0.294. The van der Waals surface area contributed by atoms with Gasteiger partial charge in [0.2, 0.25) is 0 Å². The molecule has 0 saturated heterocycles. The largest absolute Gasteiger partial charge is 0.310 e. The summed E-state index contributed by atoms with van der Waals surface area (Å²) in [7, 11) is 0. The van der Waals surface area contributed by atoms with E-state index in [1.165, 1.54) is 16.7 Å². The van der Waals surface area contributed by atoms with Crippen LogP contribution in [0.3, 0.4) is 0 Å². The molecule has 0 fully saturated rings. The van der Waals surface area contributed by atoms with Gasteiger partial charge in [0.05, 0.1) is 0 Å². The molecule has 94 valence electrons. The number of benzene rings is 2. The zero-order valence-corrected chi connectivity index (χ0v) is 11.2. The van der Waals surface area contributed by atoms with E-state index < -0.39 is 0 Å². The number of hydrogen-bond donors (Lipinski definition) is 1. The van der Waals surface area contributed by atoms with Crippen molar-refractivity contribution in [2.75, 3.05) is 6.54 Å². The summed E-state index contributed by atoms with van der Waals surface area (Å²) in [5, 5.41) is 3.57. The minimum Gasteiger partial charge on any atom is -0.310 e. The predicted molar refractivity (Wildman–Crippen MR) is 77.7 cm³/mol. The van der Waals surface area contributed by atoms with Gasteiger partial charge in [-0.3, -0.25) is 0 Å². The van der Waals surface area contributed by atoms with Gasteiger partial charge >= 0.3 is 0 Å². The molecule has 0 spiro atoms. The van der Waals surface area contributed by atoms with Crippen molar-refractivity contribution in [3.63, 3.8) is 0 Å². The molecule has 0 aliphatic rings. The second kappa shape index (κ2) is 6.36. The van der Waals surface area contributed by atoms with Crippen molar-refractivity contribution < 1.29 is 0 Å². The molecule has 0 radical (unpaired) electrons. The minimum absolute atomic E-state index is 0.411. The van der Waals surface area contributed by atoms with E-state index >= 15 is 0 Å². The van der Waals surface area contributed by atoms with E-state index in [0.717, 1.165) is 13.0 Å². The molecular formula is C17H21N. The Kier molecular flexibility index (Phi) is 4.54. The average Bonchev–Trinajstić information content (AvgIpc) is 2.40. The van der Waals surface area contributed by atoms with Gasteiger partial charge in [-0.2, -0.15) is 0 Å². The van der Waals surface area contributed by atoms with Crippen LogP contribution in [0, 0.1) is 6.92 Å². The summed E-state index contributed by atoms with van der Waals surface area (Å²) in [6.07, 6.45) is 1.08. The highest BCUT2D eigenvalue weighted by molar-refractivity contribution is 5.24. The minimum atomic E-state index is 0.411. The van der Waals surface area contributed by atoms with E-state index in [0.29, 0.717) is 6.04 Å². The van der Waals surface area contributed by atoms with Crippen molar-refractivity contribution in [2.45, 2.75) is 26.3 Å². The van der Waals surface area contributed by atoms with Crippen LogP contribution in [-0.4, -0.2) is 6.54 Å². The Morgan fingerprint density at radius 2 is 1.78 bits per heavy atom. The Hall–Kier alpha value is -1.60. The zero-order valence-electron chi connectivity index (χ0n) is 11.2. The molecule has 2 aromatic rings. The summed E-state index contributed by atoms with van der Waals surface area (Å²) in [4.78, 5) is 0. The normalized spacial score (nSPS) is 12.3. The third-order valence-corrected chi connectivity index (χ3v) is 3.25. The second-order valence-electron chi connectivity index (χ2n) is 4.83. The standard InChI is InChI=1S/C17H21N/c1-14-7-6-10-17(13-14)15(2)18-12-11-16-8-4-3-5-9-16/h3-10,13,15,18H,11-12H2,1-2H3/t15-/m0/s1. The van der Waals surface area contributed by atoms with Crippen LogP contribution in [0.15, 0.2) is 54.6 Å². The lowest BCUT2D eigenvalue weighted by Crippen LogP contribution is -2.21. The topological polar surface area (TPSA) is 12.0 Å². The molecule has 2 rings (SSSR count). The van der Waals surface area contributed by atoms with Gasteiger partial charge in [-0.1, -0.05) is 60.2 Å². The van der Waals surface area contributed by atoms with Crippen molar-refractivity contribution in [1.29, 1.82) is 0 Å². The Balaban J connectivity index is 1.83. The summed E-state index contributed by atoms with van der Waals surface area (Å²) in [5.74, 6) is 0. The van der Waals surface area contributed by atoms with Gasteiger partial charge in [-0.15, -0.1) is 0 Å². The first-order valence-corrected chi connectivity index (χ1v) is 6.59. The molecule has 18 heavy (non-hydrogen) atoms. The predicted octanol–water partition coefficient (Wildman–Crippen LogP) is 3.89. The van der Waals surface area contributed by atoms with Crippen LogP contribution in [0.5, 0.6) is 0 Å². The Morgan fingerprint density at radius 1 is 1.00 bits per heavy atom. The molecule has 1 nitrogen and oxygen atoms in total. The summed E-state index contributed by atoms with van der Waals surface area (Å²) in [5.41, 5.74) is 4.08. The van der Waals surface area contributed by atoms with Gasteiger partial charge in [0.25, 0.3) is 0 Å². The smallest absolute Gasteiger partial charge is 0.0292 e. The Morgan fingerprint density at radius 3 is 2.50 bits per heavy atom. The molecule has 0 amide bonds. The van der Waals surface area contributed by atoms with E-state index in [2.05, 4.69) is 73.8 Å². The molecule has 0 heterocycles. The third kappa shape index (κ3) is 3.71. The number of rotatable bonds is 5. The van der Waals surface area contributed by atoms with E-state index in [1.54, 1.807) is 0 Å². The summed E-state index contributed by atoms with van der Waals surface area (Å²) in [6, 6.07) is 19.7. The molecule has 0 aliphatic carbocycles. The highest BCUT2D eigenvalue weighted by atomic mass is 14.9. The van der Waals surface area contributed by atoms with Crippen molar-refractivity contribution in [3.05, 3.63) is 71.3 Å². The van der Waals surface area contributed by atoms with Crippen LogP contribution in [0.2, 0.25) is 0 Å². The molecule has 1 N–H and O–H groups in total. The molecule has 1 atom stereocenters. The van der Waals surface area contributed by atoms with Gasteiger partial charge in [0, 0.05) is 6.04 Å². The molecule has 0 unspecified atom stereocenters. The molecule has 1 heteroatoms. The molecule has 0 bridgehead atoms. The first kappa shape index (κ1) is 12.8. The summed E-state index contributed by atoms with van der Waals surface area (Å²) in [6.45, 7) is 5.37. The molecule has 0 aliphatic heterocycles. The Labute approximate surface area is 110 Å². The highest BCUT2D eigenvalue weighted by Crippen LogP contribution is 2.13. The van der Waals surface area contributed by atoms with E-state index in [-0.39, 0.29) is 0 Å². The van der Waals surface area contributed by atoms with Gasteiger partial charge in [0.1, 0.15) is 0 Å². The van der Waals surface area contributed by atoms with Crippen LogP contribution in [0.1, 0.15) is 29.7 Å². The lowest BCUT2D eigenvalue weighted by molar-refractivity contribution is 0.576. The molecule has 0 saturated carbocycles. The SMILES string of the molecule is Cc1cccc([C@H](C)NCCc2ccccc2)c1. The third-order valence-electron chi connectivity index (χ3n) is 3.25. The van der Waals surface area contributed by atoms with Crippen LogP contribution < -0.4 is 5.32 Å².